The summed E-state index contributed by atoms with van der Waals surface area (Å²) in [6.45, 7) is 9.37. The van der Waals surface area contributed by atoms with Crippen LogP contribution in [-0.2, 0) is 0 Å². The molecule has 0 heterocycles. The Labute approximate surface area is 112 Å². The van der Waals surface area contributed by atoms with Gasteiger partial charge in [-0.05, 0) is 17.8 Å². The molecule has 0 aliphatic carbocycles. The summed E-state index contributed by atoms with van der Waals surface area (Å²) in [6, 6.07) is 0. The van der Waals surface area contributed by atoms with Gasteiger partial charge in [-0.3, -0.25) is 0 Å². The highest BCUT2D eigenvalue weighted by Crippen LogP contribution is 2.31. The molecule has 0 aromatic rings. The number of alkyl halides is 1. The van der Waals surface area contributed by atoms with Crippen molar-refractivity contribution in [2.75, 3.05) is 5.33 Å². The average Bonchev–Trinajstić information content (AvgIpc) is 2.20. The van der Waals surface area contributed by atoms with E-state index in [-0.39, 0.29) is 0 Å². The van der Waals surface area contributed by atoms with Crippen molar-refractivity contribution >= 4 is 15.9 Å². The van der Waals surface area contributed by atoms with Crippen molar-refractivity contribution in [1.29, 1.82) is 0 Å². The van der Waals surface area contributed by atoms with E-state index in [0.717, 1.165) is 11.2 Å². The molecule has 0 radical (unpaired) electrons. The van der Waals surface area contributed by atoms with Crippen LogP contribution in [0.3, 0.4) is 0 Å². The second kappa shape index (κ2) is 9.50. The SMILES string of the molecule is CCCCCCCCCC(CBr)C(C)(C)C. The van der Waals surface area contributed by atoms with Crippen LogP contribution in [-0.4, -0.2) is 5.33 Å². The molecule has 0 aliphatic rings. The van der Waals surface area contributed by atoms with Gasteiger partial charge in [-0.1, -0.05) is 88.6 Å². The average molecular weight is 291 g/mol. The molecular formula is C15H31Br. The third kappa shape index (κ3) is 8.61. The van der Waals surface area contributed by atoms with E-state index < -0.39 is 0 Å². The van der Waals surface area contributed by atoms with Gasteiger partial charge in [0.2, 0.25) is 0 Å². The molecule has 0 N–H and O–H groups in total. The minimum atomic E-state index is 0.464. The number of hydrogen-bond donors (Lipinski definition) is 0. The van der Waals surface area contributed by atoms with E-state index in [4.69, 9.17) is 0 Å². The van der Waals surface area contributed by atoms with Crippen LogP contribution < -0.4 is 0 Å². The first-order chi connectivity index (χ1) is 7.52. The van der Waals surface area contributed by atoms with E-state index in [9.17, 15) is 0 Å². The molecule has 0 nitrogen and oxygen atoms in total. The standard InChI is InChI=1S/C15H31Br/c1-5-6-7-8-9-10-11-12-14(13-16)15(2,3)4/h14H,5-13H2,1-4H3. The lowest BCUT2D eigenvalue weighted by atomic mass is 9.79. The smallest absolute Gasteiger partial charge is 0.00646 e. The normalized spacial score (nSPS) is 14.1. The van der Waals surface area contributed by atoms with Crippen molar-refractivity contribution < 1.29 is 0 Å². The third-order valence-corrected chi connectivity index (χ3v) is 4.35. The monoisotopic (exact) mass is 290 g/mol. The summed E-state index contributed by atoms with van der Waals surface area (Å²) in [5, 5.41) is 1.16. The first-order valence-electron chi connectivity index (χ1n) is 7.08. The minimum Gasteiger partial charge on any atom is -0.0925 e. The van der Waals surface area contributed by atoms with Gasteiger partial charge in [-0.25, -0.2) is 0 Å². The molecule has 1 unspecified atom stereocenters. The van der Waals surface area contributed by atoms with Gasteiger partial charge >= 0.3 is 0 Å². The molecule has 1 heteroatoms. The number of halogens is 1. The van der Waals surface area contributed by atoms with Crippen LogP contribution in [0.25, 0.3) is 0 Å². The van der Waals surface area contributed by atoms with E-state index in [1.54, 1.807) is 0 Å². The van der Waals surface area contributed by atoms with Crippen molar-refractivity contribution in [3.05, 3.63) is 0 Å². The van der Waals surface area contributed by atoms with Crippen molar-refractivity contribution in [2.45, 2.75) is 79.1 Å². The second-order valence-corrected chi connectivity index (χ2v) is 6.77. The Hall–Kier alpha value is 0.480. The van der Waals surface area contributed by atoms with E-state index >= 15 is 0 Å². The number of hydrogen-bond acceptors (Lipinski definition) is 0. The Morgan fingerprint density at radius 2 is 1.38 bits per heavy atom. The predicted octanol–water partition coefficient (Wildman–Crippen LogP) is 6.18. The van der Waals surface area contributed by atoms with Gasteiger partial charge in [0.1, 0.15) is 0 Å². The lowest BCUT2D eigenvalue weighted by Crippen LogP contribution is -2.21. The molecule has 0 amide bonds. The second-order valence-electron chi connectivity index (χ2n) is 6.13. The fourth-order valence-electron chi connectivity index (χ4n) is 2.09. The summed E-state index contributed by atoms with van der Waals surface area (Å²) in [5.74, 6) is 0.836. The minimum absolute atomic E-state index is 0.464. The third-order valence-electron chi connectivity index (χ3n) is 3.57. The van der Waals surface area contributed by atoms with Crippen molar-refractivity contribution in [3.8, 4) is 0 Å². The quantitative estimate of drug-likeness (QED) is 0.351. The Bertz CT molecular complexity index is 146. The van der Waals surface area contributed by atoms with Gasteiger partial charge in [0.05, 0.1) is 0 Å². The van der Waals surface area contributed by atoms with Gasteiger partial charge in [0, 0.05) is 5.33 Å². The molecule has 1 atom stereocenters. The van der Waals surface area contributed by atoms with E-state index in [1.807, 2.05) is 0 Å². The highest BCUT2D eigenvalue weighted by Gasteiger charge is 2.22. The Balaban J connectivity index is 3.42. The van der Waals surface area contributed by atoms with E-state index in [0.29, 0.717) is 5.41 Å². The molecular weight excluding hydrogens is 260 g/mol. The molecule has 16 heavy (non-hydrogen) atoms. The van der Waals surface area contributed by atoms with Gasteiger partial charge < -0.3 is 0 Å². The van der Waals surface area contributed by atoms with Crippen molar-refractivity contribution in [2.24, 2.45) is 11.3 Å². The first kappa shape index (κ1) is 16.5. The highest BCUT2D eigenvalue weighted by molar-refractivity contribution is 9.09. The van der Waals surface area contributed by atoms with Gasteiger partial charge in [0.15, 0.2) is 0 Å². The van der Waals surface area contributed by atoms with Gasteiger partial charge in [0.25, 0.3) is 0 Å². The molecule has 98 valence electrons. The Kier molecular flexibility index (Phi) is 9.79. The molecule has 0 saturated carbocycles. The van der Waals surface area contributed by atoms with Gasteiger partial charge in [-0.15, -0.1) is 0 Å². The molecule has 0 spiro atoms. The van der Waals surface area contributed by atoms with Crippen molar-refractivity contribution in [3.63, 3.8) is 0 Å². The predicted molar refractivity (Wildman–Crippen MR) is 79.3 cm³/mol. The number of rotatable bonds is 9. The largest absolute Gasteiger partial charge is 0.0925 e. The zero-order valence-electron chi connectivity index (χ0n) is 11.8. The van der Waals surface area contributed by atoms with Crippen LogP contribution in [0.2, 0.25) is 0 Å². The van der Waals surface area contributed by atoms with Crippen LogP contribution in [0.15, 0.2) is 0 Å². The van der Waals surface area contributed by atoms with Crippen LogP contribution in [0.5, 0.6) is 0 Å². The lowest BCUT2D eigenvalue weighted by Gasteiger charge is -2.29. The van der Waals surface area contributed by atoms with Crippen LogP contribution in [0.1, 0.15) is 79.1 Å². The molecule has 0 aliphatic heterocycles. The van der Waals surface area contributed by atoms with Crippen LogP contribution in [0.4, 0.5) is 0 Å². The zero-order valence-corrected chi connectivity index (χ0v) is 13.4. The summed E-state index contributed by atoms with van der Waals surface area (Å²) < 4.78 is 0. The highest BCUT2D eigenvalue weighted by atomic mass is 79.9. The maximum absolute atomic E-state index is 3.66. The molecule has 0 rings (SSSR count). The van der Waals surface area contributed by atoms with Gasteiger partial charge in [-0.2, -0.15) is 0 Å². The Morgan fingerprint density at radius 3 is 1.81 bits per heavy atom. The molecule has 0 fully saturated rings. The zero-order chi connectivity index (χ0) is 12.4. The maximum atomic E-state index is 3.66. The summed E-state index contributed by atoms with van der Waals surface area (Å²) >= 11 is 3.66. The topological polar surface area (TPSA) is 0 Å². The molecule has 0 saturated heterocycles. The van der Waals surface area contributed by atoms with E-state index in [2.05, 4.69) is 43.6 Å². The first-order valence-corrected chi connectivity index (χ1v) is 8.20. The fourth-order valence-corrected chi connectivity index (χ4v) is 3.38. The summed E-state index contributed by atoms with van der Waals surface area (Å²) in [4.78, 5) is 0. The summed E-state index contributed by atoms with van der Waals surface area (Å²) in [7, 11) is 0. The fraction of sp³-hybridized carbons (Fsp3) is 1.00. The van der Waals surface area contributed by atoms with Crippen LogP contribution in [0, 0.1) is 11.3 Å². The molecule has 0 aromatic heterocycles. The van der Waals surface area contributed by atoms with Crippen molar-refractivity contribution in [1.82, 2.24) is 0 Å². The summed E-state index contributed by atoms with van der Waals surface area (Å²) in [6.07, 6.45) is 11.4. The van der Waals surface area contributed by atoms with Crippen LogP contribution >= 0.6 is 15.9 Å². The maximum Gasteiger partial charge on any atom is 0.00646 e. The Morgan fingerprint density at radius 1 is 0.875 bits per heavy atom. The molecule has 0 aromatic carbocycles. The summed E-state index contributed by atoms with van der Waals surface area (Å²) in [5.41, 5.74) is 0.464. The lowest BCUT2D eigenvalue weighted by molar-refractivity contribution is 0.247. The number of unbranched alkanes of at least 4 members (excludes halogenated alkanes) is 6. The molecule has 0 bridgehead atoms. The van der Waals surface area contributed by atoms with E-state index in [1.165, 1.54) is 51.4 Å².